The van der Waals surface area contributed by atoms with Gasteiger partial charge in [0.15, 0.2) is 0 Å². The topological polar surface area (TPSA) is 28.7 Å². The number of alkyl halides is 2. The summed E-state index contributed by atoms with van der Waals surface area (Å²) in [5.41, 5.74) is 3.91. The Kier molecular flexibility index (Phi) is 2.73. The monoisotopic (exact) mass is 344 g/mol. The molecule has 0 saturated heterocycles. The Hall–Kier alpha value is -3.19. The zero-order valence-electron chi connectivity index (χ0n) is 14.3. The van der Waals surface area contributed by atoms with Gasteiger partial charge in [-0.2, -0.15) is 14.0 Å². The van der Waals surface area contributed by atoms with Gasteiger partial charge < -0.3 is 4.57 Å². The summed E-state index contributed by atoms with van der Waals surface area (Å²) in [7, 11) is 0. The number of nitrogens with zero attached hydrogens (tertiary/aromatic N) is 2. The zero-order chi connectivity index (χ0) is 18.2. The molecule has 126 valence electrons. The summed E-state index contributed by atoms with van der Waals surface area (Å²) in [6, 6.07) is 16.1. The van der Waals surface area contributed by atoms with Crippen LogP contribution in [0.2, 0.25) is 0 Å². The summed E-state index contributed by atoms with van der Waals surface area (Å²) >= 11 is 0. The number of aryl methyl sites for hydroxylation is 2. The van der Waals surface area contributed by atoms with E-state index in [0.29, 0.717) is 11.2 Å². The predicted molar refractivity (Wildman–Crippen MR) is 98.0 cm³/mol. The van der Waals surface area contributed by atoms with E-state index in [-0.39, 0.29) is 16.7 Å². The molecule has 1 aliphatic heterocycles. The van der Waals surface area contributed by atoms with Crippen LogP contribution in [-0.4, -0.2) is 4.57 Å². The Bertz CT molecular complexity index is 1290. The molecule has 2 nitrogen and oxygen atoms in total. The lowest BCUT2D eigenvalue weighted by atomic mass is 9.91. The lowest BCUT2D eigenvalue weighted by molar-refractivity contribution is 0.0425. The summed E-state index contributed by atoms with van der Waals surface area (Å²) < 4.78 is 32.8. The molecule has 2 heterocycles. The Morgan fingerprint density at radius 2 is 1.65 bits per heavy atom. The van der Waals surface area contributed by atoms with E-state index in [1.807, 2.05) is 48.7 Å². The first kappa shape index (κ1) is 15.1. The molecule has 3 aromatic carbocycles. The van der Waals surface area contributed by atoms with E-state index in [2.05, 4.69) is 0 Å². The minimum atomic E-state index is -3.15. The van der Waals surface area contributed by atoms with Crippen molar-refractivity contribution in [3.8, 4) is 11.8 Å². The fraction of sp³-hybridized carbons (Fsp3) is 0.136. The van der Waals surface area contributed by atoms with Crippen molar-refractivity contribution in [3.05, 3.63) is 76.3 Å². The van der Waals surface area contributed by atoms with E-state index >= 15 is 8.78 Å². The third-order valence-electron chi connectivity index (χ3n) is 5.20. The highest BCUT2D eigenvalue weighted by molar-refractivity contribution is 6.11. The normalized spacial score (nSPS) is 14.4. The van der Waals surface area contributed by atoms with Gasteiger partial charge in [0.2, 0.25) is 0 Å². The van der Waals surface area contributed by atoms with Crippen molar-refractivity contribution in [1.29, 1.82) is 5.26 Å². The number of nitriles is 1. The summed E-state index contributed by atoms with van der Waals surface area (Å²) in [6.07, 6.45) is 0. The SMILES string of the molecule is Cc1ccc2c(c1)c1cc(C)cc3c1n2-c1ccc(C#N)cc1C3(F)F. The average molecular weight is 344 g/mol. The van der Waals surface area contributed by atoms with Gasteiger partial charge in [0.05, 0.1) is 39.5 Å². The molecule has 0 aliphatic carbocycles. The molecule has 0 radical (unpaired) electrons. The van der Waals surface area contributed by atoms with Crippen molar-refractivity contribution < 1.29 is 8.78 Å². The molecule has 1 aromatic heterocycles. The van der Waals surface area contributed by atoms with Crippen LogP contribution in [0.25, 0.3) is 27.5 Å². The van der Waals surface area contributed by atoms with Crippen molar-refractivity contribution in [2.45, 2.75) is 19.8 Å². The second kappa shape index (κ2) is 4.70. The minimum Gasteiger partial charge on any atom is -0.308 e. The number of fused-ring (bicyclic) bond motifs is 5. The molecule has 0 amide bonds. The van der Waals surface area contributed by atoms with Gasteiger partial charge >= 0.3 is 5.92 Å². The van der Waals surface area contributed by atoms with Gasteiger partial charge in [-0.05, 0) is 61.9 Å². The zero-order valence-corrected chi connectivity index (χ0v) is 14.3. The molecule has 5 rings (SSSR count). The summed E-state index contributed by atoms with van der Waals surface area (Å²) in [5.74, 6) is -3.15. The van der Waals surface area contributed by atoms with Crippen LogP contribution in [0, 0.1) is 25.2 Å². The second-order valence-electron chi connectivity index (χ2n) is 6.98. The molecule has 0 bridgehead atoms. The molecule has 26 heavy (non-hydrogen) atoms. The van der Waals surface area contributed by atoms with Gasteiger partial charge in [0, 0.05) is 10.8 Å². The maximum Gasteiger partial charge on any atom is 0.302 e. The number of aromatic nitrogens is 1. The Labute approximate surface area is 148 Å². The Morgan fingerprint density at radius 1 is 0.885 bits per heavy atom. The number of hydrogen-bond acceptors (Lipinski definition) is 1. The Morgan fingerprint density at radius 3 is 2.42 bits per heavy atom. The first-order valence-electron chi connectivity index (χ1n) is 8.40. The highest BCUT2D eigenvalue weighted by Gasteiger charge is 2.43. The third-order valence-corrected chi connectivity index (χ3v) is 5.20. The van der Waals surface area contributed by atoms with E-state index in [9.17, 15) is 0 Å². The molecule has 4 aromatic rings. The smallest absolute Gasteiger partial charge is 0.302 e. The van der Waals surface area contributed by atoms with Crippen molar-refractivity contribution in [2.75, 3.05) is 0 Å². The largest absolute Gasteiger partial charge is 0.308 e. The number of hydrogen-bond donors (Lipinski definition) is 0. The molecule has 0 spiro atoms. The van der Waals surface area contributed by atoms with Crippen molar-refractivity contribution >= 4 is 21.8 Å². The molecule has 0 fully saturated rings. The summed E-state index contributed by atoms with van der Waals surface area (Å²) in [5, 5.41) is 11.0. The van der Waals surface area contributed by atoms with Gasteiger partial charge in [-0.25, -0.2) is 0 Å². The first-order valence-corrected chi connectivity index (χ1v) is 8.40. The van der Waals surface area contributed by atoms with Crippen molar-refractivity contribution in [3.63, 3.8) is 0 Å². The number of halogens is 2. The first-order chi connectivity index (χ1) is 12.4. The van der Waals surface area contributed by atoms with E-state index in [1.165, 1.54) is 6.07 Å². The number of benzene rings is 3. The van der Waals surface area contributed by atoms with E-state index < -0.39 is 5.92 Å². The van der Waals surface area contributed by atoms with Gasteiger partial charge in [-0.1, -0.05) is 11.6 Å². The molecule has 4 heteroatoms. The molecular formula is C22H14F2N2. The van der Waals surface area contributed by atoms with Gasteiger partial charge in [0.1, 0.15) is 0 Å². The van der Waals surface area contributed by atoms with E-state index in [0.717, 1.165) is 27.4 Å². The molecule has 0 saturated carbocycles. The molecule has 0 unspecified atom stereocenters. The lowest BCUT2D eigenvalue weighted by Crippen LogP contribution is -2.24. The number of rotatable bonds is 0. The van der Waals surface area contributed by atoms with Crippen molar-refractivity contribution in [1.82, 2.24) is 4.57 Å². The second-order valence-corrected chi connectivity index (χ2v) is 6.98. The third kappa shape index (κ3) is 1.72. The molecule has 0 N–H and O–H groups in total. The maximum absolute atomic E-state index is 15.4. The summed E-state index contributed by atoms with van der Waals surface area (Å²) in [6.45, 7) is 3.84. The highest BCUT2D eigenvalue weighted by atomic mass is 19.3. The fourth-order valence-electron chi connectivity index (χ4n) is 4.09. The van der Waals surface area contributed by atoms with Crippen LogP contribution in [-0.2, 0) is 5.92 Å². The van der Waals surface area contributed by atoms with Gasteiger partial charge in [0.25, 0.3) is 0 Å². The van der Waals surface area contributed by atoms with Gasteiger partial charge in [-0.3, -0.25) is 0 Å². The summed E-state index contributed by atoms with van der Waals surface area (Å²) in [4.78, 5) is 0. The maximum atomic E-state index is 15.4. The van der Waals surface area contributed by atoms with Gasteiger partial charge in [-0.15, -0.1) is 0 Å². The van der Waals surface area contributed by atoms with E-state index in [1.54, 1.807) is 18.2 Å². The van der Waals surface area contributed by atoms with Crippen LogP contribution in [0.1, 0.15) is 27.8 Å². The van der Waals surface area contributed by atoms with Crippen LogP contribution in [0.5, 0.6) is 0 Å². The highest BCUT2D eigenvalue weighted by Crippen LogP contribution is 2.49. The predicted octanol–water partition coefficient (Wildman–Crippen LogP) is 5.73. The Balaban J connectivity index is 2.09. The molecule has 0 atom stereocenters. The minimum absolute atomic E-state index is 0.00365. The fourth-order valence-corrected chi connectivity index (χ4v) is 4.09. The van der Waals surface area contributed by atoms with Crippen LogP contribution in [0.3, 0.4) is 0 Å². The molecule has 1 aliphatic rings. The van der Waals surface area contributed by atoms with Crippen LogP contribution in [0.15, 0.2) is 48.5 Å². The average Bonchev–Trinajstić information content (AvgIpc) is 2.93. The van der Waals surface area contributed by atoms with Crippen LogP contribution >= 0.6 is 0 Å². The van der Waals surface area contributed by atoms with E-state index in [4.69, 9.17) is 5.26 Å². The molecular weight excluding hydrogens is 330 g/mol. The van der Waals surface area contributed by atoms with Crippen LogP contribution in [0.4, 0.5) is 8.78 Å². The standard InChI is InChI=1S/C22H14F2N2/c1-12-3-5-19-15(7-12)16-8-13(2)9-18-21(16)26(19)20-6-4-14(11-25)10-17(20)22(18,23)24/h3-10H,1-2H3. The lowest BCUT2D eigenvalue weighted by Gasteiger charge is -2.28. The van der Waals surface area contributed by atoms with Crippen molar-refractivity contribution in [2.24, 2.45) is 0 Å². The van der Waals surface area contributed by atoms with Crippen LogP contribution < -0.4 is 0 Å². The quantitative estimate of drug-likeness (QED) is 0.401.